The second-order valence-corrected chi connectivity index (χ2v) is 8.47. The highest BCUT2D eigenvalue weighted by Crippen LogP contribution is 2.25. The molecule has 2 heterocycles. The highest BCUT2D eigenvalue weighted by molar-refractivity contribution is 8.00. The van der Waals surface area contributed by atoms with E-state index in [0.29, 0.717) is 34.8 Å². The number of hydrogen-bond donors (Lipinski definition) is 0. The molecular weight excluding hydrogens is 394 g/mol. The van der Waals surface area contributed by atoms with Crippen LogP contribution in [0, 0.1) is 0 Å². The van der Waals surface area contributed by atoms with Gasteiger partial charge in [-0.1, -0.05) is 11.8 Å². The molecular formula is C20H25N3O5S. The van der Waals surface area contributed by atoms with Crippen LogP contribution in [0.4, 0.5) is 0 Å². The van der Waals surface area contributed by atoms with Crippen LogP contribution in [-0.4, -0.2) is 65.5 Å². The Balaban J connectivity index is 2.08. The summed E-state index contributed by atoms with van der Waals surface area (Å²) >= 11 is 1.23. The van der Waals surface area contributed by atoms with Crippen LogP contribution in [0.15, 0.2) is 28.2 Å². The minimum atomic E-state index is -0.498. The lowest BCUT2D eigenvalue weighted by Gasteiger charge is -2.20. The Morgan fingerprint density at radius 1 is 1.41 bits per heavy atom. The third kappa shape index (κ3) is 4.62. The van der Waals surface area contributed by atoms with Crippen LogP contribution in [0.2, 0.25) is 0 Å². The smallest absolute Gasteiger partial charge is 0.337 e. The number of ether oxygens (including phenoxy) is 2. The van der Waals surface area contributed by atoms with E-state index >= 15 is 0 Å². The van der Waals surface area contributed by atoms with Gasteiger partial charge in [-0.2, -0.15) is 0 Å². The van der Waals surface area contributed by atoms with Crippen molar-refractivity contribution in [3.05, 3.63) is 34.1 Å². The molecule has 1 aromatic carbocycles. The zero-order chi connectivity index (χ0) is 21.1. The van der Waals surface area contributed by atoms with E-state index in [1.807, 2.05) is 0 Å². The van der Waals surface area contributed by atoms with Gasteiger partial charge in [0.15, 0.2) is 5.16 Å². The number of hydrogen-bond acceptors (Lipinski definition) is 7. The fraction of sp³-hybridized carbons (Fsp3) is 0.500. The van der Waals surface area contributed by atoms with Crippen molar-refractivity contribution in [2.75, 3.05) is 27.8 Å². The summed E-state index contributed by atoms with van der Waals surface area (Å²) in [6.45, 7) is 2.84. The number of thioether (sulfide) groups is 1. The first-order valence-electron chi connectivity index (χ1n) is 9.44. The number of carbonyl (C=O) groups excluding carboxylic acids is 2. The molecule has 0 spiro atoms. The number of rotatable bonds is 6. The summed E-state index contributed by atoms with van der Waals surface area (Å²) < 4.78 is 12.0. The topological polar surface area (TPSA) is 90.7 Å². The van der Waals surface area contributed by atoms with E-state index in [4.69, 9.17) is 9.47 Å². The largest absolute Gasteiger partial charge is 0.465 e. The zero-order valence-electron chi connectivity index (χ0n) is 17.0. The van der Waals surface area contributed by atoms with Gasteiger partial charge in [0.05, 0.1) is 41.5 Å². The van der Waals surface area contributed by atoms with Crippen molar-refractivity contribution >= 4 is 34.5 Å². The summed E-state index contributed by atoms with van der Waals surface area (Å²) in [5.74, 6) is -0.570. The standard InChI is InChI=1S/C20H25N3O5S/c1-12(17(24)22(2)3)29-20-21-16-10-13(19(26)27-4)7-8-15(16)18(25)23(20)11-14-6-5-9-28-14/h7-8,10,12,14H,5-6,9,11H2,1-4H3/t12-,14+/m0/s1. The highest BCUT2D eigenvalue weighted by atomic mass is 32.2. The lowest BCUT2D eigenvalue weighted by molar-refractivity contribution is -0.127. The molecule has 1 fully saturated rings. The molecule has 0 aliphatic carbocycles. The molecule has 0 unspecified atom stereocenters. The number of fused-ring (bicyclic) bond motifs is 1. The van der Waals surface area contributed by atoms with Crippen LogP contribution in [-0.2, 0) is 20.8 Å². The van der Waals surface area contributed by atoms with Crippen molar-refractivity contribution in [1.29, 1.82) is 0 Å². The Morgan fingerprint density at radius 2 is 2.17 bits per heavy atom. The summed E-state index contributed by atoms with van der Waals surface area (Å²) in [5.41, 5.74) is 0.500. The van der Waals surface area contributed by atoms with Crippen LogP contribution in [0.5, 0.6) is 0 Å². The monoisotopic (exact) mass is 419 g/mol. The minimum absolute atomic E-state index is 0.0551. The highest BCUT2D eigenvalue weighted by Gasteiger charge is 2.24. The van der Waals surface area contributed by atoms with Gasteiger partial charge in [0.25, 0.3) is 5.56 Å². The SMILES string of the molecule is COC(=O)c1ccc2c(=O)n(C[C@H]3CCCO3)c(S[C@@H](C)C(=O)N(C)C)nc2c1. The average Bonchev–Trinajstić information content (AvgIpc) is 3.22. The fourth-order valence-electron chi connectivity index (χ4n) is 3.26. The van der Waals surface area contributed by atoms with Crippen LogP contribution < -0.4 is 5.56 Å². The molecule has 0 radical (unpaired) electrons. The molecule has 156 valence electrons. The Hall–Kier alpha value is -2.39. The Labute approximate surface area is 173 Å². The summed E-state index contributed by atoms with van der Waals surface area (Å²) in [6, 6.07) is 4.69. The van der Waals surface area contributed by atoms with Crippen molar-refractivity contribution in [2.24, 2.45) is 0 Å². The van der Waals surface area contributed by atoms with E-state index in [0.717, 1.165) is 12.8 Å². The van der Waals surface area contributed by atoms with Crippen molar-refractivity contribution in [3.8, 4) is 0 Å². The van der Waals surface area contributed by atoms with Gasteiger partial charge < -0.3 is 14.4 Å². The minimum Gasteiger partial charge on any atom is -0.465 e. The molecule has 29 heavy (non-hydrogen) atoms. The number of benzene rings is 1. The lowest BCUT2D eigenvalue weighted by Crippen LogP contribution is -2.32. The normalized spacial score (nSPS) is 17.3. The van der Waals surface area contributed by atoms with Crippen molar-refractivity contribution < 1.29 is 19.1 Å². The van der Waals surface area contributed by atoms with Crippen LogP contribution >= 0.6 is 11.8 Å². The number of nitrogens with zero attached hydrogens (tertiary/aromatic N) is 3. The quantitative estimate of drug-likeness (QED) is 0.401. The molecule has 9 heteroatoms. The Bertz CT molecular complexity index is 982. The maximum Gasteiger partial charge on any atom is 0.337 e. The van der Waals surface area contributed by atoms with E-state index in [-0.39, 0.29) is 17.6 Å². The molecule has 0 bridgehead atoms. The van der Waals surface area contributed by atoms with E-state index in [1.165, 1.54) is 23.8 Å². The maximum atomic E-state index is 13.2. The summed E-state index contributed by atoms with van der Waals surface area (Å²) in [7, 11) is 4.68. The molecule has 8 nitrogen and oxygen atoms in total. The second kappa shape index (κ2) is 8.96. The van der Waals surface area contributed by atoms with Crippen molar-refractivity contribution in [2.45, 2.75) is 42.8 Å². The molecule has 0 N–H and O–H groups in total. The molecule has 2 atom stereocenters. The third-order valence-corrected chi connectivity index (χ3v) is 5.90. The molecule has 1 aliphatic rings. The van der Waals surface area contributed by atoms with Crippen LogP contribution in [0.1, 0.15) is 30.1 Å². The summed E-state index contributed by atoms with van der Waals surface area (Å²) in [5, 5.41) is 0.420. The van der Waals surface area contributed by atoms with Gasteiger partial charge in [0.2, 0.25) is 5.91 Å². The van der Waals surface area contributed by atoms with E-state index in [2.05, 4.69) is 4.98 Å². The third-order valence-electron chi connectivity index (χ3n) is 4.82. The Kier molecular flexibility index (Phi) is 6.59. The summed E-state index contributed by atoms with van der Waals surface area (Å²) in [6.07, 6.45) is 1.78. The predicted molar refractivity (Wildman–Crippen MR) is 110 cm³/mol. The van der Waals surface area contributed by atoms with Gasteiger partial charge in [-0.3, -0.25) is 14.2 Å². The number of methoxy groups -OCH3 is 1. The molecule has 3 rings (SSSR count). The van der Waals surface area contributed by atoms with E-state index in [9.17, 15) is 14.4 Å². The van der Waals surface area contributed by atoms with Crippen molar-refractivity contribution in [3.63, 3.8) is 0 Å². The van der Waals surface area contributed by atoms with E-state index in [1.54, 1.807) is 43.8 Å². The first-order valence-corrected chi connectivity index (χ1v) is 10.3. The van der Waals surface area contributed by atoms with Gasteiger partial charge in [0.1, 0.15) is 0 Å². The predicted octanol–water partition coefficient (Wildman–Crippen LogP) is 1.93. The molecule has 1 amide bonds. The maximum absolute atomic E-state index is 13.2. The second-order valence-electron chi connectivity index (χ2n) is 7.16. The number of carbonyl (C=O) groups is 2. The average molecular weight is 420 g/mol. The van der Waals surface area contributed by atoms with Gasteiger partial charge in [-0.05, 0) is 38.0 Å². The molecule has 1 saturated heterocycles. The number of amides is 1. The molecule has 1 aromatic heterocycles. The number of aromatic nitrogens is 2. The van der Waals surface area contributed by atoms with Gasteiger partial charge >= 0.3 is 5.97 Å². The van der Waals surface area contributed by atoms with Gasteiger partial charge in [-0.25, -0.2) is 9.78 Å². The Morgan fingerprint density at radius 3 is 2.79 bits per heavy atom. The first-order chi connectivity index (χ1) is 13.8. The lowest BCUT2D eigenvalue weighted by atomic mass is 10.1. The fourth-order valence-corrected chi connectivity index (χ4v) is 4.32. The van der Waals surface area contributed by atoms with Gasteiger partial charge in [-0.15, -0.1) is 0 Å². The first kappa shape index (κ1) is 21.3. The molecule has 0 saturated carbocycles. The van der Waals surface area contributed by atoms with Crippen LogP contribution in [0.25, 0.3) is 10.9 Å². The zero-order valence-corrected chi connectivity index (χ0v) is 17.8. The van der Waals surface area contributed by atoms with E-state index < -0.39 is 11.2 Å². The van der Waals surface area contributed by atoms with Crippen molar-refractivity contribution in [1.82, 2.24) is 14.5 Å². The summed E-state index contributed by atoms with van der Waals surface area (Å²) in [4.78, 5) is 43.6. The van der Waals surface area contributed by atoms with Gasteiger partial charge in [0, 0.05) is 20.7 Å². The van der Waals surface area contributed by atoms with Crippen LogP contribution in [0.3, 0.4) is 0 Å². The molecule has 1 aliphatic heterocycles. The number of esters is 1. The molecule has 2 aromatic rings.